The zero-order valence-electron chi connectivity index (χ0n) is 18.8. The molecule has 0 saturated carbocycles. The number of hydrogen-bond acceptors (Lipinski definition) is 5. The minimum absolute atomic E-state index is 0.0677. The maximum Gasteiger partial charge on any atom is 0.276 e. The van der Waals surface area contributed by atoms with Crippen molar-refractivity contribution in [3.63, 3.8) is 0 Å². The highest BCUT2D eigenvalue weighted by molar-refractivity contribution is 5.94. The number of H-pyrrole nitrogens is 1. The van der Waals surface area contributed by atoms with E-state index in [9.17, 15) is 14.4 Å². The summed E-state index contributed by atoms with van der Waals surface area (Å²) in [6, 6.07) is 5.22. The van der Waals surface area contributed by atoms with Crippen LogP contribution in [0.2, 0.25) is 0 Å². The van der Waals surface area contributed by atoms with Gasteiger partial charge in [0.15, 0.2) is 5.65 Å². The summed E-state index contributed by atoms with van der Waals surface area (Å²) >= 11 is 0. The molecule has 2 saturated heterocycles. The molecule has 9 nitrogen and oxygen atoms in total. The summed E-state index contributed by atoms with van der Waals surface area (Å²) in [7, 11) is 0. The van der Waals surface area contributed by atoms with Gasteiger partial charge in [0.25, 0.3) is 11.5 Å². The number of pyridine rings is 1. The van der Waals surface area contributed by atoms with E-state index in [0.29, 0.717) is 41.9 Å². The first kappa shape index (κ1) is 21.4. The highest BCUT2D eigenvalue weighted by Gasteiger charge is 2.32. The van der Waals surface area contributed by atoms with E-state index in [1.807, 2.05) is 22.8 Å². The Morgan fingerprint density at radius 1 is 1.18 bits per heavy atom. The van der Waals surface area contributed by atoms with E-state index in [1.54, 1.807) is 24.5 Å². The fraction of sp³-hybridized carbons (Fsp3) is 0.458. The normalized spacial score (nSPS) is 18.4. The summed E-state index contributed by atoms with van der Waals surface area (Å²) < 4.78 is 1.45. The second-order valence-corrected chi connectivity index (χ2v) is 8.87. The first-order valence-electron chi connectivity index (χ1n) is 11.6. The van der Waals surface area contributed by atoms with Crippen LogP contribution >= 0.6 is 0 Å². The number of likely N-dealkylation sites (tertiary alicyclic amines) is 2. The van der Waals surface area contributed by atoms with Crippen molar-refractivity contribution in [2.45, 2.75) is 51.5 Å². The molecule has 0 radical (unpaired) electrons. The first-order valence-corrected chi connectivity index (χ1v) is 11.6. The summed E-state index contributed by atoms with van der Waals surface area (Å²) in [6.45, 7) is 4.09. The molecule has 2 fully saturated rings. The molecule has 0 spiro atoms. The molecular formula is C24H28N6O3. The average molecular weight is 449 g/mol. The van der Waals surface area contributed by atoms with E-state index >= 15 is 0 Å². The van der Waals surface area contributed by atoms with Gasteiger partial charge in [-0.3, -0.25) is 24.5 Å². The number of hydrogen-bond donors (Lipinski definition) is 1. The molecule has 2 amide bonds. The minimum atomic E-state index is -0.180. The number of nitrogens with one attached hydrogen (secondary N) is 1. The maximum atomic E-state index is 13.2. The van der Waals surface area contributed by atoms with Crippen LogP contribution in [0.5, 0.6) is 0 Å². The van der Waals surface area contributed by atoms with Crippen LogP contribution in [0.25, 0.3) is 5.65 Å². The quantitative estimate of drug-likeness (QED) is 0.645. The van der Waals surface area contributed by atoms with Gasteiger partial charge in [-0.05, 0) is 51.2 Å². The lowest BCUT2D eigenvalue weighted by Gasteiger charge is -2.23. The van der Waals surface area contributed by atoms with Gasteiger partial charge in [0, 0.05) is 55.8 Å². The van der Waals surface area contributed by atoms with E-state index in [4.69, 9.17) is 0 Å². The Bertz CT molecular complexity index is 1240. The predicted octanol–water partition coefficient (Wildman–Crippen LogP) is 2.26. The molecule has 1 N–H and O–H groups in total. The third kappa shape index (κ3) is 4.03. The van der Waals surface area contributed by atoms with Gasteiger partial charge in [-0.1, -0.05) is 0 Å². The molecule has 5 rings (SSSR count). The fourth-order valence-corrected chi connectivity index (χ4v) is 4.99. The van der Waals surface area contributed by atoms with E-state index in [2.05, 4.69) is 15.1 Å². The number of amides is 2. The van der Waals surface area contributed by atoms with Crippen LogP contribution in [0, 0.1) is 6.92 Å². The number of aryl methyl sites for hydroxylation is 1. The zero-order chi connectivity index (χ0) is 22.9. The van der Waals surface area contributed by atoms with Crippen LogP contribution in [-0.4, -0.2) is 60.8 Å². The summed E-state index contributed by atoms with van der Waals surface area (Å²) in [5.41, 5.74) is 2.90. The van der Waals surface area contributed by atoms with Gasteiger partial charge < -0.3 is 9.80 Å². The zero-order valence-corrected chi connectivity index (χ0v) is 18.8. The smallest absolute Gasteiger partial charge is 0.276 e. The van der Waals surface area contributed by atoms with Crippen LogP contribution in [0.15, 0.2) is 35.4 Å². The minimum Gasteiger partial charge on any atom is -0.343 e. The van der Waals surface area contributed by atoms with Crippen molar-refractivity contribution in [1.82, 2.24) is 29.4 Å². The molecule has 0 aliphatic carbocycles. The Labute approximate surface area is 191 Å². The number of carbonyl (C=O) groups excluding carboxylic acids is 2. The second kappa shape index (κ2) is 8.80. The molecule has 3 aromatic rings. The number of rotatable bonds is 5. The van der Waals surface area contributed by atoms with Crippen molar-refractivity contribution in [2.75, 3.05) is 19.6 Å². The molecule has 5 heterocycles. The van der Waals surface area contributed by atoms with Crippen molar-refractivity contribution in [1.29, 1.82) is 0 Å². The third-order valence-corrected chi connectivity index (χ3v) is 6.76. The van der Waals surface area contributed by atoms with Crippen molar-refractivity contribution in [3.8, 4) is 0 Å². The summed E-state index contributed by atoms with van der Waals surface area (Å²) in [5.74, 6) is 0.0286. The molecule has 0 bridgehead atoms. The Hall–Kier alpha value is -3.49. The van der Waals surface area contributed by atoms with E-state index in [0.717, 1.165) is 44.5 Å². The van der Waals surface area contributed by atoms with E-state index in [1.165, 1.54) is 4.52 Å². The Morgan fingerprint density at radius 3 is 2.76 bits per heavy atom. The Kier molecular flexibility index (Phi) is 5.70. The molecule has 2 aliphatic heterocycles. The monoisotopic (exact) mass is 448 g/mol. The van der Waals surface area contributed by atoms with Gasteiger partial charge in [-0.2, -0.15) is 0 Å². The standard InChI is InChI=1S/C24H28N6O3/c1-16-18(8-9-22(31)28-11-2-3-12-28)24(33)30-21(26-16)14-19(27-30)20-7-5-13-29(20)23(32)17-6-4-10-25-15-17/h4,6,10,14-15,20,27H,2-3,5,7-9,11-13H2,1H3. The molecular weight excluding hydrogens is 420 g/mol. The molecule has 2 aliphatic rings. The Morgan fingerprint density at radius 2 is 2.00 bits per heavy atom. The highest BCUT2D eigenvalue weighted by atomic mass is 16.2. The van der Waals surface area contributed by atoms with Gasteiger partial charge in [0.2, 0.25) is 5.91 Å². The van der Waals surface area contributed by atoms with Crippen LogP contribution < -0.4 is 5.56 Å². The topological polar surface area (TPSA) is 104 Å². The van der Waals surface area contributed by atoms with Gasteiger partial charge in [0.05, 0.1) is 17.3 Å². The van der Waals surface area contributed by atoms with Crippen LogP contribution in [0.4, 0.5) is 0 Å². The molecule has 33 heavy (non-hydrogen) atoms. The number of carbonyl (C=O) groups is 2. The SMILES string of the molecule is Cc1nc2cc(C3CCCN3C(=O)c3cccnc3)[nH]n2c(=O)c1CCC(=O)N1CCCC1. The molecule has 1 unspecified atom stereocenters. The molecule has 172 valence electrons. The summed E-state index contributed by atoms with van der Waals surface area (Å²) in [6.07, 6.45) is 7.70. The summed E-state index contributed by atoms with van der Waals surface area (Å²) in [5, 5.41) is 3.19. The molecule has 9 heteroatoms. The highest BCUT2D eigenvalue weighted by Crippen LogP contribution is 2.32. The van der Waals surface area contributed by atoms with E-state index < -0.39 is 0 Å². The number of aromatic nitrogens is 4. The largest absolute Gasteiger partial charge is 0.343 e. The van der Waals surface area contributed by atoms with Crippen molar-refractivity contribution >= 4 is 17.5 Å². The predicted molar refractivity (Wildman–Crippen MR) is 122 cm³/mol. The van der Waals surface area contributed by atoms with E-state index in [-0.39, 0.29) is 23.4 Å². The molecule has 3 aromatic heterocycles. The van der Waals surface area contributed by atoms with Crippen molar-refractivity contribution < 1.29 is 9.59 Å². The van der Waals surface area contributed by atoms with Crippen LogP contribution in [-0.2, 0) is 11.2 Å². The second-order valence-electron chi connectivity index (χ2n) is 8.87. The van der Waals surface area contributed by atoms with Gasteiger partial charge >= 0.3 is 0 Å². The fourth-order valence-electron chi connectivity index (χ4n) is 4.99. The maximum absolute atomic E-state index is 13.2. The first-order chi connectivity index (χ1) is 16.0. The molecule has 0 aromatic carbocycles. The lowest BCUT2D eigenvalue weighted by Crippen LogP contribution is -2.31. The average Bonchev–Trinajstić information content (AvgIpc) is 3.59. The number of fused-ring (bicyclic) bond motifs is 1. The summed E-state index contributed by atoms with van der Waals surface area (Å²) in [4.78, 5) is 51.1. The van der Waals surface area contributed by atoms with Crippen molar-refractivity contribution in [3.05, 3.63) is 63.5 Å². The third-order valence-electron chi connectivity index (χ3n) is 6.76. The van der Waals surface area contributed by atoms with Gasteiger partial charge in [-0.15, -0.1) is 0 Å². The van der Waals surface area contributed by atoms with Gasteiger partial charge in [-0.25, -0.2) is 9.50 Å². The molecule has 1 atom stereocenters. The van der Waals surface area contributed by atoms with Crippen LogP contribution in [0.1, 0.15) is 65.5 Å². The number of nitrogens with zero attached hydrogens (tertiary/aromatic N) is 5. The number of aromatic amines is 1. The van der Waals surface area contributed by atoms with Crippen molar-refractivity contribution in [2.24, 2.45) is 0 Å². The lowest BCUT2D eigenvalue weighted by molar-refractivity contribution is -0.130. The van der Waals surface area contributed by atoms with Crippen LogP contribution in [0.3, 0.4) is 0 Å². The van der Waals surface area contributed by atoms with Gasteiger partial charge in [0.1, 0.15) is 0 Å². The Balaban J connectivity index is 1.40. The lowest BCUT2D eigenvalue weighted by atomic mass is 10.1.